The van der Waals surface area contributed by atoms with Crippen LogP contribution in [0.15, 0.2) is 18.2 Å². The Labute approximate surface area is 123 Å². The van der Waals surface area contributed by atoms with Gasteiger partial charge in [0.05, 0.1) is 20.1 Å². The van der Waals surface area contributed by atoms with Crippen molar-refractivity contribution in [1.82, 2.24) is 4.90 Å². The number of carboxylic acid groups (broad SMARTS) is 1. The number of rotatable bonds is 5. The molecule has 0 bridgehead atoms. The summed E-state index contributed by atoms with van der Waals surface area (Å²) < 4.78 is 10.4. The molecule has 0 spiro atoms. The number of hydrogen-bond donors (Lipinski definition) is 1. The first-order chi connectivity index (χ1) is 9.97. The topological polar surface area (TPSA) is 76.1 Å². The number of carbonyl (C=O) groups is 2. The number of ether oxygens (including phenoxy) is 2. The summed E-state index contributed by atoms with van der Waals surface area (Å²) in [4.78, 5) is 24.8. The average Bonchev–Trinajstić information content (AvgIpc) is 2.75. The maximum absolute atomic E-state index is 12.0. The maximum Gasteiger partial charge on any atom is 0.309 e. The van der Waals surface area contributed by atoms with Gasteiger partial charge in [-0.15, -0.1) is 0 Å². The van der Waals surface area contributed by atoms with Gasteiger partial charge in [0.2, 0.25) is 5.91 Å². The van der Waals surface area contributed by atoms with Crippen LogP contribution in [0.3, 0.4) is 0 Å². The Morgan fingerprint density at radius 1 is 1.38 bits per heavy atom. The lowest BCUT2D eigenvalue weighted by molar-refractivity contribution is -0.142. The zero-order chi connectivity index (χ0) is 15.6. The predicted molar refractivity (Wildman–Crippen MR) is 75.3 cm³/mol. The molecule has 114 valence electrons. The minimum Gasteiger partial charge on any atom is -0.497 e. The molecule has 0 radical (unpaired) electrons. The highest BCUT2D eigenvalue weighted by molar-refractivity contribution is 5.86. The molecule has 1 unspecified atom stereocenters. The molecule has 1 N–H and O–H groups in total. The highest BCUT2D eigenvalue weighted by Crippen LogP contribution is 2.31. The lowest BCUT2D eigenvalue weighted by atomic mass is 10.0. The van der Waals surface area contributed by atoms with Crippen molar-refractivity contribution in [2.75, 3.05) is 14.2 Å². The van der Waals surface area contributed by atoms with E-state index in [2.05, 4.69) is 0 Å². The summed E-state index contributed by atoms with van der Waals surface area (Å²) in [7, 11) is 3.12. The Morgan fingerprint density at radius 3 is 2.62 bits per heavy atom. The fourth-order valence-corrected chi connectivity index (χ4v) is 2.61. The van der Waals surface area contributed by atoms with E-state index in [1.54, 1.807) is 38.2 Å². The monoisotopic (exact) mass is 293 g/mol. The molecule has 1 fully saturated rings. The number of likely N-dealkylation sites (tertiary alicyclic amines) is 1. The molecule has 1 aromatic rings. The van der Waals surface area contributed by atoms with E-state index in [1.165, 1.54) is 0 Å². The number of hydrogen-bond acceptors (Lipinski definition) is 4. The molecule has 1 amide bonds. The van der Waals surface area contributed by atoms with Crippen LogP contribution in [0, 0.1) is 5.92 Å². The van der Waals surface area contributed by atoms with Crippen molar-refractivity contribution in [2.24, 2.45) is 5.92 Å². The summed E-state index contributed by atoms with van der Waals surface area (Å²) in [6.45, 7) is 2.09. The number of carboxylic acids is 1. The first kappa shape index (κ1) is 15.2. The zero-order valence-electron chi connectivity index (χ0n) is 12.3. The van der Waals surface area contributed by atoms with Crippen molar-refractivity contribution in [2.45, 2.75) is 25.9 Å². The van der Waals surface area contributed by atoms with Gasteiger partial charge >= 0.3 is 5.97 Å². The smallest absolute Gasteiger partial charge is 0.309 e. The fourth-order valence-electron chi connectivity index (χ4n) is 2.61. The van der Waals surface area contributed by atoms with E-state index in [-0.39, 0.29) is 18.4 Å². The molecule has 1 aliphatic rings. The second-order valence-corrected chi connectivity index (χ2v) is 5.09. The van der Waals surface area contributed by atoms with E-state index < -0.39 is 11.9 Å². The van der Waals surface area contributed by atoms with Gasteiger partial charge in [-0.2, -0.15) is 0 Å². The van der Waals surface area contributed by atoms with Crippen LogP contribution >= 0.6 is 0 Å². The van der Waals surface area contributed by atoms with Gasteiger partial charge in [-0.05, 0) is 19.1 Å². The molecule has 0 saturated carbocycles. The van der Waals surface area contributed by atoms with Crippen molar-refractivity contribution in [3.8, 4) is 11.5 Å². The summed E-state index contributed by atoms with van der Waals surface area (Å²) in [5.74, 6) is -0.442. The number of carbonyl (C=O) groups excluding carboxylic acids is 1. The van der Waals surface area contributed by atoms with Crippen molar-refractivity contribution < 1.29 is 24.2 Å². The summed E-state index contributed by atoms with van der Waals surface area (Å²) in [5, 5.41) is 9.13. The van der Waals surface area contributed by atoms with Gasteiger partial charge in [0.15, 0.2) is 0 Å². The standard InChI is InChI=1S/C15H19NO5/c1-9-12(15(18)19)7-14(17)16(9)8-10-4-5-11(20-2)6-13(10)21-3/h4-6,9,12H,7-8H2,1-3H3,(H,18,19)/t9-,12?/m1/s1. The number of amides is 1. The Bertz CT molecular complexity index is 557. The second kappa shape index (κ2) is 6.03. The average molecular weight is 293 g/mol. The Morgan fingerprint density at radius 2 is 2.10 bits per heavy atom. The van der Waals surface area contributed by atoms with Gasteiger partial charge in [0, 0.05) is 30.6 Å². The summed E-state index contributed by atoms with van der Waals surface area (Å²) in [6, 6.07) is 5.03. The second-order valence-electron chi connectivity index (χ2n) is 5.09. The molecule has 6 heteroatoms. The minimum absolute atomic E-state index is 0.0506. The zero-order valence-corrected chi connectivity index (χ0v) is 12.3. The van der Waals surface area contributed by atoms with Crippen LogP contribution in [-0.4, -0.2) is 42.1 Å². The van der Waals surface area contributed by atoms with Crippen LogP contribution in [0.4, 0.5) is 0 Å². The van der Waals surface area contributed by atoms with Gasteiger partial charge in [-0.3, -0.25) is 9.59 Å². The van der Waals surface area contributed by atoms with Crippen LogP contribution in [-0.2, 0) is 16.1 Å². The van der Waals surface area contributed by atoms with E-state index in [9.17, 15) is 9.59 Å². The highest BCUT2D eigenvalue weighted by atomic mass is 16.5. The quantitative estimate of drug-likeness (QED) is 0.891. The van der Waals surface area contributed by atoms with Crippen molar-refractivity contribution in [1.29, 1.82) is 0 Å². The molecular formula is C15H19NO5. The third kappa shape index (κ3) is 2.94. The largest absolute Gasteiger partial charge is 0.497 e. The number of methoxy groups -OCH3 is 2. The van der Waals surface area contributed by atoms with Gasteiger partial charge in [0.25, 0.3) is 0 Å². The van der Waals surface area contributed by atoms with Crippen LogP contribution < -0.4 is 9.47 Å². The molecule has 0 aromatic heterocycles. The first-order valence-corrected chi connectivity index (χ1v) is 6.71. The Hall–Kier alpha value is -2.24. The SMILES string of the molecule is COc1ccc(CN2C(=O)CC(C(=O)O)[C@H]2C)c(OC)c1. The molecule has 1 aliphatic heterocycles. The summed E-state index contributed by atoms with van der Waals surface area (Å²) in [6.07, 6.45) is 0.0506. The lowest BCUT2D eigenvalue weighted by Gasteiger charge is -2.24. The highest BCUT2D eigenvalue weighted by Gasteiger charge is 2.41. The molecule has 1 heterocycles. The minimum atomic E-state index is -0.931. The molecule has 21 heavy (non-hydrogen) atoms. The van der Waals surface area contributed by atoms with Gasteiger partial charge in [-0.1, -0.05) is 0 Å². The molecule has 1 aromatic carbocycles. The summed E-state index contributed by atoms with van der Waals surface area (Å²) in [5.41, 5.74) is 0.824. The Kier molecular flexibility index (Phi) is 4.35. The molecule has 0 aliphatic carbocycles. The first-order valence-electron chi connectivity index (χ1n) is 6.71. The Balaban J connectivity index is 2.22. The lowest BCUT2D eigenvalue weighted by Crippen LogP contribution is -2.34. The normalized spacial score (nSPS) is 21.5. The van der Waals surface area contributed by atoms with Crippen LogP contribution in [0.5, 0.6) is 11.5 Å². The van der Waals surface area contributed by atoms with Crippen LogP contribution in [0.2, 0.25) is 0 Å². The summed E-state index contributed by atoms with van der Waals surface area (Å²) >= 11 is 0. The number of nitrogens with zero attached hydrogens (tertiary/aromatic N) is 1. The van der Waals surface area contributed by atoms with Gasteiger partial charge in [0.1, 0.15) is 11.5 Å². The van der Waals surface area contributed by atoms with Crippen molar-refractivity contribution >= 4 is 11.9 Å². The van der Waals surface area contributed by atoms with Crippen molar-refractivity contribution in [3.63, 3.8) is 0 Å². The molecule has 2 rings (SSSR count). The van der Waals surface area contributed by atoms with E-state index >= 15 is 0 Å². The van der Waals surface area contributed by atoms with Gasteiger partial charge in [-0.25, -0.2) is 0 Å². The fraction of sp³-hybridized carbons (Fsp3) is 0.467. The van der Waals surface area contributed by atoms with Gasteiger partial charge < -0.3 is 19.5 Å². The van der Waals surface area contributed by atoms with E-state index in [1.807, 2.05) is 6.07 Å². The molecule has 2 atom stereocenters. The van der Waals surface area contributed by atoms with Crippen LogP contribution in [0.25, 0.3) is 0 Å². The van der Waals surface area contributed by atoms with Crippen molar-refractivity contribution in [3.05, 3.63) is 23.8 Å². The number of aliphatic carboxylic acids is 1. The molecule has 6 nitrogen and oxygen atoms in total. The third-order valence-corrected chi connectivity index (χ3v) is 3.94. The molecule has 1 saturated heterocycles. The van der Waals surface area contributed by atoms with E-state index in [0.29, 0.717) is 18.0 Å². The predicted octanol–water partition coefficient (Wildman–Crippen LogP) is 1.53. The molecular weight excluding hydrogens is 274 g/mol. The van der Waals surface area contributed by atoms with Crippen LogP contribution in [0.1, 0.15) is 18.9 Å². The van der Waals surface area contributed by atoms with E-state index in [0.717, 1.165) is 5.56 Å². The third-order valence-electron chi connectivity index (χ3n) is 3.94. The van der Waals surface area contributed by atoms with E-state index in [4.69, 9.17) is 14.6 Å². The maximum atomic E-state index is 12.0. The number of benzene rings is 1.